The molecule has 0 bridgehead atoms. The minimum atomic E-state index is -0.239. The first-order valence-electron chi connectivity index (χ1n) is 12.2. The van der Waals surface area contributed by atoms with Gasteiger partial charge in [-0.15, -0.1) is 0 Å². The van der Waals surface area contributed by atoms with Crippen molar-refractivity contribution in [3.05, 3.63) is 53.8 Å². The lowest BCUT2D eigenvalue weighted by Gasteiger charge is -2.36. The number of halogens is 1. The zero-order valence-electron chi connectivity index (χ0n) is 19.1. The summed E-state index contributed by atoms with van der Waals surface area (Å²) < 4.78 is 21.5. The van der Waals surface area contributed by atoms with Gasteiger partial charge in [0, 0.05) is 0 Å². The molecule has 1 nitrogen and oxygen atoms in total. The fraction of sp³-hybridized carbons (Fsp3) is 0.571. The Hall–Kier alpha value is -1.83. The molecule has 1 saturated carbocycles. The van der Waals surface area contributed by atoms with Crippen LogP contribution in [0.5, 0.6) is 5.75 Å². The SMILES string of the molecule is CCCc1ccc(-c2ccc(OC(C(CC)CCC)C3CCCCC3)c(F)c2)cc1. The van der Waals surface area contributed by atoms with Crippen molar-refractivity contribution >= 4 is 0 Å². The highest BCUT2D eigenvalue weighted by molar-refractivity contribution is 5.64. The van der Waals surface area contributed by atoms with Crippen LogP contribution in [-0.4, -0.2) is 6.10 Å². The van der Waals surface area contributed by atoms with Gasteiger partial charge in [0.05, 0.1) is 0 Å². The lowest BCUT2D eigenvalue weighted by Crippen LogP contribution is -2.36. The van der Waals surface area contributed by atoms with Gasteiger partial charge in [-0.05, 0) is 72.8 Å². The fourth-order valence-corrected chi connectivity index (χ4v) is 5.09. The van der Waals surface area contributed by atoms with Crippen LogP contribution in [0.2, 0.25) is 0 Å². The van der Waals surface area contributed by atoms with Gasteiger partial charge in [0.15, 0.2) is 11.6 Å². The Balaban J connectivity index is 1.79. The quantitative estimate of drug-likeness (QED) is 0.381. The third kappa shape index (κ3) is 5.86. The molecule has 0 amide bonds. The van der Waals surface area contributed by atoms with Gasteiger partial charge in [0.2, 0.25) is 0 Å². The summed E-state index contributed by atoms with van der Waals surface area (Å²) in [6.07, 6.45) is 12.1. The molecule has 0 aromatic heterocycles. The molecule has 2 atom stereocenters. The van der Waals surface area contributed by atoms with Crippen LogP contribution in [0, 0.1) is 17.7 Å². The van der Waals surface area contributed by atoms with Crippen LogP contribution in [-0.2, 0) is 6.42 Å². The van der Waals surface area contributed by atoms with E-state index in [1.54, 1.807) is 6.07 Å². The summed E-state index contributed by atoms with van der Waals surface area (Å²) in [5, 5.41) is 0. The number of hydrogen-bond donors (Lipinski definition) is 0. The molecule has 2 aromatic rings. The summed E-state index contributed by atoms with van der Waals surface area (Å²) in [6, 6.07) is 14.0. The van der Waals surface area contributed by atoms with Gasteiger partial charge in [0.25, 0.3) is 0 Å². The third-order valence-corrected chi connectivity index (χ3v) is 6.78. The Morgan fingerprint density at radius 3 is 2.20 bits per heavy atom. The fourth-order valence-electron chi connectivity index (χ4n) is 5.09. The van der Waals surface area contributed by atoms with E-state index in [0.29, 0.717) is 17.6 Å². The van der Waals surface area contributed by atoms with E-state index >= 15 is 4.39 Å². The monoisotopic (exact) mass is 410 g/mol. The van der Waals surface area contributed by atoms with E-state index in [1.165, 1.54) is 37.7 Å². The van der Waals surface area contributed by atoms with E-state index in [9.17, 15) is 0 Å². The van der Waals surface area contributed by atoms with Crippen molar-refractivity contribution in [1.82, 2.24) is 0 Å². The predicted octanol–water partition coefficient (Wildman–Crippen LogP) is 8.60. The summed E-state index contributed by atoms with van der Waals surface area (Å²) >= 11 is 0. The average Bonchev–Trinajstić information content (AvgIpc) is 2.78. The van der Waals surface area contributed by atoms with Gasteiger partial charge in [-0.2, -0.15) is 0 Å². The van der Waals surface area contributed by atoms with Gasteiger partial charge in [-0.25, -0.2) is 4.39 Å². The van der Waals surface area contributed by atoms with Gasteiger partial charge < -0.3 is 4.74 Å². The van der Waals surface area contributed by atoms with Crippen LogP contribution in [0.15, 0.2) is 42.5 Å². The summed E-state index contributed by atoms with van der Waals surface area (Å²) in [6.45, 7) is 6.68. The smallest absolute Gasteiger partial charge is 0.165 e. The molecule has 3 rings (SSSR count). The normalized spacial score (nSPS) is 16.9. The van der Waals surface area contributed by atoms with Gasteiger partial charge >= 0.3 is 0 Å². The van der Waals surface area contributed by atoms with E-state index in [0.717, 1.165) is 43.2 Å². The first-order valence-corrected chi connectivity index (χ1v) is 12.2. The lowest BCUT2D eigenvalue weighted by atomic mass is 9.78. The Kier molecular flexibility index (Phi) is 8.78. The highest BCUT2D eigenvalue weighted by Crippen LogP contribution is 2.36. The van der Waals surface area contributed by atoms with Crippen molar-refractivity contribution in [2.75, 3.05) is 0 Å². The van der Waals surface area contributed by atoms with Crippen molar-refractivity contribution < 1.29 is 9.13 Å². The zero-order valence-corrected chi connectivity index (χ0v) is 19.1. The molecule has 2 unspecified atom stereocenters. The van der Waals surface area contributed by atoms with Crippen molar-refractivity contribution in [2.24, 2.45) is 11.8 Å². The summed E-state index contributed by atoms with van der Waals surface area (Å²) in [5.74, 6) is 1.24. The lowest BCUT2D eigenvalue weighted by molar-refractivity contribution is 0.0460. The van der Waals surface area contributed by atoms with Gasteiger partial charge in [0.1, 0.15) is 6.10 Å². The summed E-state index contributed by atoms with van der Waals surface area (Å²) in [5.41, 5.74) is 3.30. The summed E-state index contributed by atoms with van der Waals surface area (Å²) in [4.78, 5) is 0. The minimum absolute atomic E-state index is 0.129. The Morgan fingerprint density at radius 1 is 0.900 bits per heavy atom. The van der Waals surface area contributed by atoms with E-state index in [4.69, 9.17) is 4.74 Å². The molecule has 164 valence electrons. The predicted molar refractivity (Wildman–Crippen MR) is 126 cm³/mol. The largest absolute Gasteiger partial charge is 0.487 e. The van der Waals surface area contributed by atoms with Crippen molar-refractivity contribution in [3.8, 4) is 16.9 Å². The number of rotatable bonds is 10. The number of benzene rings is 2. The number of aryl methyl sites for hydroxylation is 1. The molecule has 2 aromatic carbocycles. The topological polar surface area (TPSA) is 9.23 Å². The standard InChI is InChI=1S/C28H39FO/c1-4-10-21-14-16-23(17-15-21)25-18-19-27(26(29)20-25)30-28(22(6-3)11-5-2)24-12-8-7-9-13-24/h14-20,22,24,28H,4-13H2,1-3H3. The second kappa shape index (κ2) is 11.5. The highest BCUT2D eigenvalue weighted by Gasteiger charge is 2.31. The van der Waals surface area contributed by atoms with Crippen LogP contribution in [0.25, 0.3) is 11.1 Å². The van der Waals surface area contributed by atoms with Crippen molar-refractivity contribution in [2.45, 2.75) is 91.1 Å². The zero-order chi connectivity index (χ0) is 21.3. The second-order valence-electron chi connectivity index (χ2n) is 9.03. The average molecular weight is 411 g/mol. The highest BCUT2D eigenvalue weighted by atomic mass is 19.1. The first-order chi connectivity index (χ1) is 14.7. The van der Waals surface area contributed by atoms with Gasteiger partial charge in [-0.1, -0.05) is 83.2 Å². The van der Waals surface area contributed by atoms with E-state index < -0.39 is 0 Å². The molecule has 0 aliphatic heterocycles. The first kappa shape index (κ1) is 22.8. The third-order valence-electron chi connectivity index (χ3n) is 6.78. The molecule has 0 heterocycles. The maximum absolute atomic E-state index is 15.1. The van der Waals surface area contributed by atoms with Crippen molar-refractivity contribution in [1.29, 1.82) is 0 Å². The van der Waals surface area contributed by atoms with Crippen molar-refractivity contribution in [3.63, 3.8) is 0 Å². The number of ether oxygens (including phenoxy) is 1. The molecule has 0 spiro atoms. The Bertz CT molecular complexity index is 756. The second-order valence-corrected chi connectivity index (χ2v) is 9.03. The van der Waals surface area contributed by atoms with Crippen LogP contribution in [0.3, 0.4) is 0 Å². The molecule has 0 N–H and O–H groups in total. The number of hydrogen-bond acceptors (Lipinski definition) is 1. The minimum Gasteiger partial charge on any atom is -0.487 e. The Labute approximate surface area is 183 Å². The maximum atomic E-state index is 15.1. The van der Waals surface area contributed by atoms with E-state index in [1.807, 2.05) is 12.1 Å². The molecule has 30 heavy (non-hydrogen) atoms. The van der Waals surface area contributed by atoms with Crippen LogP contribution < -0.4 is 4.74 Å². The molecular weight excluding hydrogens is 371 g/mol. The van der Waals surface area contributed by atoms with Crippen LogP contribution in [0.4, 0.5) is 4.39 Å². The van der Waals surface area contributed by atoms with Crippen LogP contribution in [0.1, 0.15) is 84.1 Å². The van der Waals surface area contributed by atoms with E-state index in [-0.39, 0.29) is 11.9 Å². The van der Waals surface area contributed by atoms with E-state index in [2.05, 4.69) is 45.0 Å². The van der Waals surface area contributed by atoms with Gasteiger partial charge in [-0.3, -0.25) is 0 Å². The summed E-state index contributed by atoms with van der Waals surface area (Å²) in [7, 11) is 0. The molecule has 2 heteroatoms. The molecular formula is C28H39FO. The molecule has 0 saturated heterocycles. The maximum Gasteiger partial charge on any atom is 0.165 e. The molecule has 1 fully saturated rings. The van der Waals surface area contributed by atoms with Crippen LogP contribution >= 0.6 is 0 Å². The molecule has 1 aliphatic carbocycles. The molecule has 0 radical (unpaired) electrons. The molecule has 1 aliphatic rings. The Morgan fingerprint density at radius 2 is 1.60 bits per heavy atom.